The fraction of sp³-hybridized carbons (Fsp3) is 0.375. The first kappa shape index (κ1) is 17.5. The van der Waals surface area contributed by atoms with E-state index in [9.17, 15) is 14.7 Å². The van der Waals surface area contributed by atoms with Crippen LogP contribution in [0.2, 0.25) is 0 Å². The summed E-state index contributed by atoms with van der Waals surface area (Å²) in [6, 6.07) is 3.13. The van der Waals surface area contributed by atoms with E-state index in [4.69, 9.17) is 14.2 Å². The molecule has 0 amide bonds. The second-order valence-corrected chi connectivity index (χ2v) is 5.22. The zero-order valence-electron chi connectivity index (χ0n) is 13.9. The van der Waals surface area contributed by atoms with Crippen molar-refractivity contribution < 1.29 is 24.1 Å². The van der Waals surface area contributed by atoms with Crippen LogP contribution in [-0.2, 0) is 9.53 Å². The van der Waals surface area contributed by atoms with Crippen LogP contribution in [0, 0.1) is 6.92 Å². The maximum atomic E-state index is 12.1. The monoisotopic (exact) mass is 336 g/mol. The summed E-state index contributed by atoms with van der Waals surface area (Å²) in [5.74, 6) is -0.838. The van der Waals surface area contributed by atoms with Crippen molar-refractivity contribution in [1.82, 2.24) is 10.2 Å². The number of esters is 1. The standard InChI is InChI=1S/C16H20N2O6/c1-8-14(16(21)18-17-8)10(7-13(19)24-4)9-5-11(22-2)15(20)12(6-9)23-3/h5-6,10,20H,7H2,1-4H3,(H2,17,18,21). The molecule has 0 saturated carbocycles. The molecule has 1 unspecified atom stereocenters. The smallest absolute Gasteiger partial charge is 0.306 e. The van der Waals surface area contributed by atoms with Crippen LogP contribution in [0.5, 0.6) is 17.2 Å². The van der Waals surface area contributed by atoms with E-state index in [1.165, 1.54) is 21.3 Å². The van der Waals surface area contributed by atoms with Gasteiger partial charge < -0.3 is 24.4 Å². The lowest BCUT2D eigenvalue weighted by atomic mass is 9.88. The van der Waals surface area contributed by atoms with Gasteiger partial charge in [0.25, 0.3) is 5.56 Å². The number of rotatable bonds is 6. The van der Waals surface area contributed by atoms with Crippen molar-refractivity contribution in [2.75, 3.05) is 21.3 Å². The van der Waals surface area contributed by atoms with Crippen molar-refractivity contribution in [3.05, 3.63) is 39.3 Å². The van der Waals surface area contributed by atoms with Gasteiger partial charge in [0.1, 0.15) is 0 Å². The highest BCUT2D eigenvalue weighted by Crippen LogP contribution is 2.41. The highest BCUT2D eigenvalue weighted by atomic mass is 16.5. The molecule has 0 bridgehead atoms. The Labute approximate surface area is 138 Å². The van der Waals surface area contributed by atoms with Crippen LogP contribution in [0.3, 0.4) is 0 Å². The van der Waals surface area contributed by atoms with Gasteiger partial charge in [0.15, 0.2) is 11.5 Å². The van der Waals surface area contributed by atoms with Gasteiger partial charge in [-0.25, -0.2) is 0 Å². The quantitative estimate of drug-likeness (QED) is 0.688. The Hall–Kier alpha value is -2.90. The van der Waals surface area contributed by atoms with E-state index in [0.29, 0.717) is 16.8 Å². The van der Waals surface area contributed by atoms with Crippen molar-refractivity contribution in [3.8, 4) is 17.2 Å². The van der Waals surface area contributed by atoms with E-state index in [1.54, 1.807) is 19.1 Å². The van der Waals surface area contributed by atoms with Crippen molar-refractivity contribution in [1.29, 1.82) is 0 Å². The van der Waals surface area contributed by atoms with Gasteiger partial charge in [0, 0.05) is 17.2 Å². The fourth-order valence-electron chi connectivity index (χ4n) is 2.63. The molecule has 1 aromatic heterocycles. The minimum Gasteiger partial charge on any atom is -0.502 e. The first-order chi connectivity index (χ1) is 11.4. The SMILES string of the molecule is COC(=O)CC(c1cc(OC)c(O)c(OC)c1)c1c(C)[nH][nH]c1=O. The van der Waals surface area contributed by atoms with Gasteiger partial charge in [-0.05, 0) is 24.6 Å². The summed E-state index contributed by atoms with van der Waals surface area (Å²) >= 11 is 0. The number of H-pyrrole nitrogens is 2. The Bertz CT molecular complexity index is 767. The van der Waals surface area contributed by atoms with Crippen LogP contribution in [0.15, 0.2) is 16.9 Å². The van der Waals surface area contributed by atoms with Crippen LogP contribution in [0.4, 0.5) is 0 Å². The summed E-state index contributed by atoms with van der Waals surface area (Å²) in [5.41, 5.74) is 1.28. The summed E-state index contributed by atoms with van der Waals surface area (Å²) < 4.78 is 15.0. The molecule has 0 fully saturated rings. The zero-order chi connectivity index (χ0) is 17.9. The predicted molar refractivity (Wildman–Crippen MR) is 85.8 cm³/mol. The maximum absolute atomic E-state index is 12.1. The third-order valence-electron chi connectivity index (χ3n) is 3.86. The van der Waals surface area contributed by atoms with Gasteiger partial charge in [0.05, 0.1) is 27.8 Å². The highest BCUT2D eigenvalue weighted by Gasteiger charge is 2.26. The van der Waals surface area contributed by atoms with Crippen LogP contribution in [-0.4, -0.2) is 42.6 Å². The van der Waals surface area contributed by atoms with Gasteiger partial charge in [-0.3, -0.25) is 14.7 Å². The van der Waals surface area contributed by atoms with E-state index >= 15 is 0 Å². The molecule has 130 valence electrons. The molecule has 2 rings (SSSR count). The molecule has 3 N–H and O–H groups in total. The Balaban J connectivity index is 2.64. The maximum Gasteiger partial charge on any atom is 0.306 e. The Morgan fingerprint density at radius 3 is 2.17 bits per heavy atom. The third-order valence-corrected chi connectivity index (χ3v) is 3.86. The number of hydrogen-bond acceptors (Lipinski definition) is 6. The van der Waals surface area contributed by atoms with Crippen molar-refractivity contribution in [2.45, 2.75) is 19.3 Å². The molecular formula is C16H20N2O6. The lowest BCUT2D eigenvalue weighted by molar-refractivity contribution is -0.140. The summed E-state index contributed by atoms with van der Waals surface area (Å²) in [4.78, 5) is 24.0. The number of carbonyl (C=O) groups is 1. The average Bonchev–Trinajstić information content (AvgIpc) is 2.91. The van der Waals surface area contributed by atoms with Crippen LogP contribution >= 0.6 is 0 Å². The van der Waals surface area contributed by atoms with Crippen molar-refractivity contribution >= 4 is 5.97 Å². The number of carbonyl (C=O) groups excluding carboxylic acids is 1. The van der Waals surface area contributed by atoms with Crippen molar-refractivity contribution in [3.63, 3.8) is 0 Å². The molecule has 0 aliphatic carbocycles. The van der Waals surface area contributed by atoms with Crippen LogP contribution in [0.1, 0.15) is 29.2 Å². The minimum atomic E-state index is -0.587. The zero-order valence-corrected chi connectivity index (χ0v) is 13.9. The molecule has 0 aliphatic heterocycles. The number of aromatic hydroxyl groups is 1. The molecule has 8 heteroatoms. The van der Waals surface area contributed by atoms with E-state index in [0.717, 1.165) is 0 Å². The number of phenolic OH excluding ortho intramolecular Hbond substituents is 1. The largest absolute Gasteiger partial charge is 0.502 e. The molecule has 1 heterocycles. The molecule has 1 aromatic carbocycles. The van der Waals surface area contributed by atoms with Gasteiger partial charge in [0.2, 0.25) is 5.75 Å². The van der Waals surface area contributed by atoms with Gasteiger partial charge in [-0.15, -0.1) is 0 Å². The van der Waals surface area contributed by atoms with Crippen LogP contribution in [0.25, 0.3) is 0 Å². The minimum absolute atomic E-state index is 0.0463. The highest BCUT2D eigenvalue weighted by molar-refractivity contribution is 5.71. The average molecular weight is 336 g/mol. The summed E-state index contributed by atoms with van der Waals surface area (Å²) in [6.07, 6.45) is -0.0463. The normalized spacial score (nSPS) is 11.8. The summed E-state index contributed by atoms with van der Waals surface area (Å²) in [6.45, 7) is 1.73. The molecule has 0 spiro atoms. The molecule has 2 aromatic rings. The first-order valence-corrected chi connectivity index (χ1v) is 7.21. The predicted octanol–water partition coefficient (Wildman–Crippen LogP) is 1.43. The number of benzene rings is 1. The number of methoxy groups -OCH3 is 3. The second kappa shape index (κ2) is 7.12. The number of ether oxygens (including phenoxy) is 3. The van der Waals surface area contributed by atoms with E-state index in [2.05, 4.69) is 10.2 Å². The summed E-state index contributed by atoms with van der Waals surface area (Å²) in [5, 5.41) is 15.3. The number of aromatic nitrogens is 2. The molecule has 0 saturated heterocycles. The van der Waals surface area contributed by atoms with E-state index < -0.39 is 11.9 Å². The van der Waals surface area contributed by atoms with Gasteiger partial charge in [-0.2, -0.15) is 0 Å². The summed E-state index contributed by atoms with van der Waals surface area (Å²) in [7, 11) is 4.09. The topological polar surface area (TPSA) is 114 Å². The lowest BCUT2D eigenvalue weighted by Crippen LogP contribution is -2.17. The molecule has 8 nitrogen and oxygen atoms in total. The van der Waals surface area contributed by atoms with Crippen molar-refractivity contribution in [2.24, 2.45) is 0 Å². The number of hydrogen-bond donors (Lipinski definition) is 3. The lowest BCUT2D eigenvalue weighted by Gasteiger charge is -2.18. The number of aromatic amines is 2. The second-order valence-electron chi connectivity index (χ2n) is 5.22. The van der Waals surface area contributed by atoms with E-state index in [-0.39, 0.29) is 29.2 Å². The number of phenols is 1. The van der Waals surface area contributed by atoms with Gasteiger partial charge in [-0.1, -0.05) is 0 Å². The third kappa shape index (κ3) is 3.22. The first-order valence-electron chi connectivity index (χ1n) is 7.21. The molecule has 0 aliphatic rings. The Morgan fingerprint density at radius 2 is 1.75 bits per heavy atom. The van der Waals surface area contributed by atoms with E-state index in [1.807, 2.05) is 0 Å². The molecule has 0 radical (unpaired) electrons. The number of nitrogens with one attached hydrogen (secondary N) is 2. The Morgan fingerprint density at radius 1 is 1.17 bits per heavy atom. The van der Waals surface area contributed by atoms with Gasteiger partial charge >= 0.3 is 5.97 Å². The Kier molecular flexibility index (Phi) is 5.18. The van der Waals surface area contributed by atoms with Crippen LogP contribution < -0.4 is 15.0 Å². The number of aryl methyl sites for hydroxylation is 1. The fourth-order valence-corrected chi connectivity index (χ4v) is 2.63. The molecule has 1 atom stereocenters. The molecular weight excluding hydrogens is 316 g/mol. The molecule has 24 heavy (non-hydrogen) atoms.